The first kappa shape index (κ1) is 14.0. The molecular weight excluding hydrogens is 291 g/mol. The number of hydrogen-bond acceptors (Lipinski definition) is 4. The molecule has 0 amide bonds. The van der Waals surface area contributed by atoms with Gasteiger partial charge in [-0.1, -0.05) is 0 Å². The molecule has 110 valence electrons. The number of nitrogens with zero attached hydrogens (tertiary/aromatic N) is 1. The molecule has 1 unspecified atom stereocenters. The van der Waals surface area contributed by atoms with Crippen molar-refractivity contribution >= 4 is 15.5 Å². The number of anilines is 1. The van der Waals surface area contributed by atoms with Crippen LogP contribution >= 0.6 is 0 Å². The van der Waals surface area contributed by atoms with Crippen LogP contribution in [0.5, 0.6) is 0 Å². The van der Waals surface area contributed by atoms with Gasteiger partial charge in [-0.05, 0) is 49.2 Å². The van der Waals surface area contributed by atoms with Gasteiger partial charge in [0.2, 0.25) is 0 Å². The maximum absolute atomic E-state index is 13.5. The monoisotopic (exact) mass is 306 g/mol. The maximum Gasteiger partial charge on any atom is 0.178 e. The van der Waals surface area contributed by atoms with Gasteiger partial charge in [0.15, 0.2) is 9.84 Å². The number of rotatable bonds is 2. The van der Waals surface area contributed by atoms with Gasteiger partial charge in [-0.15, -0.1) is 0 Å². The topological polar surface area (TPSA) is 59.1 Å². The average molecular weight is 306 g/mol. The van der Waals surface area contributed by atoms with Crippen LogP contribution in [0.15, 0.2) is 41.4 Å². The van der Waals surface area contributed by atoms with Crippen molar-refractivity contribution in [3.63, 3.8) is 0 Å². The second-order valence-electron chi connectivity index (χ2n) is 5.12. The Labute approximate surface area is 123 Å². The molecule has 0 bridgehead atoms. The Morgan fingerprint density at radius 2 is 2.14 bits per heavy atom. The molecule has 6 heteroatoms. The minimum absolute atomic E-state index is 0.0581. The van der Waals surface area contributed by atoms with E-state index in [0.717, 1.165) is 11.4 Å². The number of benzene rings is 1. The largest absolute Gasteiger partial charge is 0.377 e. The first-order chi connectivity index (χ1) is 9.97. The molecule has 1 aliphatic heterocycles. The molecule has 1 aliphatic rings. The number of nitrogens with one attached hydrogen (secondary N) is 1. The lowest BCUT2D eigenvalue weighted by molar-refractivity contribution is 0.570. The minimum atomic E-state index is -3.32. The second kappa shape index (κ2) is 5.11. The van der Waals surface area contributed by atoms with E-state index >= 15 is 0 Å². The molecule has 0 saturated carbocycles. The first-order valence-electron chi connectivity index (χ1n) is 6.68. The highest BCUT2D eigenvalue weighted by Crippen LogP contribution is 2.35. The van der Waals surface area contributed by atoms with E-state index in [9.17, 15) is 12.8 Å². The number of fused-ring (bicyclic) bond motifs is 1. The van der Waals surface area contributed by atoms with Crippen molar-refractivity contribution in [1.29, 1.82) is 0 Å². The van der Waals surface area contributed by atoms with Gasteiger partial charge in [0.1, 0.15) is 5.82 Å². The summed E-state index contributed by atoms with van der Waals surface area (Å²) in [4.78, 5) is 4.41. The van der Waals surface area contributed by atoms with Gasteiger partial charge < -0.3 is 5.32 Å². The third-order valence-corrected chi connectivity index (χ3v) is 5.51. The Morgan fingerprint density at radius 3 is 2.90 bits per heavy atom. The molecule has 3 rings (SSSR count). The number of hydrogen-bond donors (Lipinski definition) is 1. The van der Waals surface area contributed by atoms with Crippen LogP contribution in [0.3, 0.4) is 0 Å². The van der Waals surface area contributed by atoms with E-state index in [0.29, 0.717) is 12.0 Å². The summed E-state index contributed by atoms with van der Waals surface area (Å²) in [6.45, 7) is 1.87. The molecule has 0 aliphatic carbocycles. The zero-order valence-electron chi connectivity index (χ0n) is 11.5. The van der Waals surface area contributed by atoms with Crippen LogP contribution in [-0.4, -0.2) is 19.2 Å². The van der Waals surface area contributed by atoms with Gasteiger partial charge >= 0.3 is 0 Å². The number of aryl methyl sites for hydroxylation is 1. The highest BCUT2D eigenvalue weighted by Gasteiger charge is 2.30. The van der Waals surface area contributed by atoms with E-state index in [1.165, 1.54) is 18.2 Å². The normalized spacial score (nSPS) is 19.8. The molecule has 1 atom stereocenters. The quantitative estimate of drug-likeness (QED) is 0.867. The van der Waals surface area contributed by atoms with Crippen LogP contribution in [0.1, 0.15) is 23.7 Å². The van der Waals surface area contributed by atoms with Gasteiger partial charge in [0, 0.05) is 6.20 Å². The maximum atomic E-state index is 13.5. The van der Waals surface area contributed by atoms with E-state index in [4.69, 9.17) is 0 Å². The van der Waals surface area contributed by atoms with Crippen molar-refractivity contribution < 1.29 is 12.8 Å². The lowest BCUT2D eigenvalue weighted by atomic mass is 10.0. The predicted octanol–water partition coefficient (Wildman–Crippen LogP) is 2.86. The van der Waals surface area contributed by atoms with Crippen LogP contribution in [0.2, 0.25) is 0 Å². The third-order valence-electron chi connectivity index (χ3n) is 3.69. The molecular formula is C15H15FN2O2S. The Balaban J connectivity index is 2.03. The molecule has 0 spiro atoms. The van der Waals surface area contributed by atoms with Crippen molar-refractivity contribution in [1.82, 2.24) is 4.98 Å². The molecule has 2 aromatic rings. The van der Waals surface area contributed by atoms with Crippen LogP contribution in [0.4, 0.5) is 10.1 Å². The lowest BCUT2D eigenvalue weighted by Crippen LogP contribution is -2.25. The summed E-state index contributed by atoms with van der Waals surface area (Å²) in [5.41, 5.74) is 2.14. The van der Waals surface area contributed by atoms with Gasteiger partial charge in [0.05, 0.1) is 28.1 Å². The van der Waals surface area contributed by atoms with Crippen LogP contribution < -0.4 is 5.32 Å². The molecule has 1 N–H and O–H groups in total. The molecule has 0 radical (unpaired) electrons. The van der Waals surface area contributed by atoms with Crippen LogP contribution in [0.25, 0.3) is 0 Å². The summed E-state index contributed by atoms with van der Waals surface area (Å²) >= 11 is 0. The molecule has 0 fully saturated rings. The average Bonchev–Trinajstić information content (AvgIpc) is 2.44. The molecule has 2 heterocycles. The summed E-state index contributed by atoms with van der Waals surface area (Å²) in [7, 11) is -3.32. The Kier molecular flexibility index (Phi) is 3.41. The van der Waals surface area contributed by atoms with Crippen molar-refractivity contribution in [2.24, 2.45) is 0 Å². The summed E-state index contributed by atoms with van der Waals surface area (Å²) in [5, 5.41) is 3.28. The van der Waals surface area contributed by atoms with E-state index in [1.807, 2.05) is 13.0 Å². The van der Waals surface area contributed by atoms with Crippen molar-refractivity contribution in [3.05, 3.63) is 53.6 Å². The standard InChI is InChI=1S/C15H15FN2O2S/c1-10-13(3-2-7-17-10)18-14-6-8-21(19,20)15-5-4-11(16)9-12(14)15/h2-5,7,9,14,18H,6,8H2,1H3. The zero-order chi connectivity index (χ0) is 15.0. The fourth-order valence-corrected chi connectivity index (χ4v) is 4.19. The van der Waals surface area contributed by atoms with E-state index in [-0.39, 0.29) is 16.7 Å². The molecule has 1 aromatic carbocycles. The Bertz CT molecular complexity index is 790. The number of pyridine rings is 1. The molecule has 0 saturated heterocycles. The van der Waals surface area contributed by atoms with Gasteiger partial charge in [-0.2, -0.15) is 0 Å². The Morgan fingerprint density at radius 1 is 1.33 bits per heavy atom. The molecule has 21 heavy (non-hydrogen) atoms. The number of halogens is 1. The highest BCUT2D eigenvalue weighted by atomic mass is 32.2. The lowest BCUT2D eigenvalue weighted by Gasteiger charge is -2.27. The van der Waals surface area contributed by atoms with Gasteiger partial charge in [0.25, 0.3) is 0 Å². The number of sulfone groups is 1. The number of aromatic nitrogens is 1. The summed E-state index contributed by atoms with van der Waals surface area (Å²) in [5.74, 6) is -0.372. The van der Waals surface area contributed by atoms with E-state index in [1.54, 1.807) is 12.3 Å². The fourth-order valence-electron chi connectivity index (χ4n) is 2.59. The van der Waals surface area contributed by atoms with Crippen LogP contribution in [-0.2, 0) is 9.84 Å². The predicted molar refractivity (Wildman–Crippen MR) is 78.4 cm³/mol. The molecule has 4 nitrogen and oxygen atoms in total. The van der Waals surface area contributed by atoms with Crippen molar-refractivity contribution in [2.45, 2.75) is 24.3 Å². The second-order valence-corrected chi connectivity index (χ2v) is 7.20. The van der Waals surface area contributed by atoms with Crippen molar-refractivity contribution in [2.75, 3.05) is 11.1 Å². The summed E-state index contributed by atoms with van der Waals surface area (Å²) in [6, 6.07) is 7.29. The molecule has 1 aromatic heterocycles. The Hall–Kier alpha value is -1.95. The van der Waals surface area contributed by atoms with Crippen LogP contribution in [0, 0.1) is 12.7 Å². The fraction of sp³-hybridized carbons (Fsp3) is 0.267. The van der Waals surface area contributed by atoms with Gasteiger partial charge in [-0.3, -0.25) is 4.98 Å². The highest BCUT2D eigenvalue weighted by molar-refractivity contribution is 7.91. The SMILES string of the molecule is Cc1ncccc1NC1CCS(=O)(=O)c2ccc(F)cc21. The smallest absolute Gasteiger partial charge is 0.178 e. The third kappa shape index (κ3) is 2.63. The van der Waals surface area contributed by atoms with Gasteiger partial charge in [-0.25, -0.2) is 12.8 Å². The summed E-state index contributed by atoms with van der Waals surface area (Å²) in [6.07, 6.45) is 2.10. The summed E-state index contributed by atoms with van der Waals surface area (Å²) < 4.78 is 37.7. The zero-order valence-corrected chi connectivity index (χ0v) is 12.3. The van der Waals surface area contributed by atoms with Crippen molar-refractivity contribution in [3.8, 4) is 0 Å². The minimum Gasteiger partial charge on any atom is -0.377 e. The first-order valence-corrected chi connectivity index (χ1v) is 8.33. The van der Waals surface area contributed by atoms with E-state index in [2.05, 4.69) is 10.3 Å². The van der Waals surface area contributed by atoms with E-state index < -0.39 is 15.7 Å².